The van der Waals surface area contributed by atoms with E-state index in [1.807, 2.05) is 0 Å². The number of carbonyl (C=O) groups excluding carboxylic acids is 2. The number of ketones is 1. The zero-order valence-corrected chi connectivity index (χ0v) is 13.3. The van der Waals surface area contributed by atoms with Crippen molar-refractivity contribution in [3.8, 4) is 0 Å². The number of aliphatic hydroxyl groups excluding tert-OH is 1. The fraction of sp³-hybridized carbons (Fsp3) is 0.500. The maximum atomic E-state index is 12.8. The molecule has 2 rings (SSSR count). The van der Waals surface area contributed by atoms with E-state index in [-0.39, 0.29) is 30.2 Å². The molecule has 2 heterocycles. The van der Waals surface area contributed by atoms with Gasteiger partial charge in [-0.3, -0.25) is 9.59 Å². The van der Waals surface area contributed by atoms with Gasteiger partial charge in [0.1, 0.15) is 6.04 Å². The van der Waals surface area contributed by atoms with E-state index in [9.17, 15) is 18.0 Å². The molecule has 0 unspecified atom stereocenters. The molecule has 126 valence electrons. The zero-order valence-electron chi connectivity index (χ0n) is 12.5. The second-order valence-electron chi connectivity index (χ2n) is 5.14. The molecule has 0 radical (unpaired) electrons. The van der Waals surface area contributed by atoms with Gasteiger partial charge in [0.05, 0.1) is 19.6 Å². The molecule has 2 N–H and O–H groups in total. The van der Waals surface area contributed by atoms with Crippen LogP contribution in [-0.4, -0.2) is 60.2 Å². The number of pyridine rings is 1. The Morgan fingerprint density at radius 1 is 1.43 bits per heavy atom. The number of Topliss-reactive ketones (excluding diaryl/α,β-unsaturated/α-hetero) is 1. The van der Waals surface area contributed by atoms with Crippen molar-refractivity contribution in [2.75, 3.05) is 19.7 Å². The lowest BCUT2D eigenvalue weighted by molar-refractivity contribution is -0.134. The molecule has 1 aromatic rings. The van der Waals surface area contributed by atoms with E-state index < -0.39 is 28.6 Å². The quantitative estimate of drug-likeness (QED) is 0.727. The molecule has 0 spiro atoms. The Kier molecular flexibility index (Phi) is 5.80. The second kappa shape index (κ2) is 7.62. The largest absolute Gasteiger partial charge is 0.396 e. The number of hydrogen-bond donors (Lipinski definition) is 2. The molecule has 1 saturated heterocycles. The van der Waals surface area contributed by atoms with Gasteiger partial charge in [0.2, 0.25) is 5.91 Å². The molecule has 1 aromatic heterocycles. The smallest absolute Gasteiger partial charge is 0.284 e. The van der Waals surface area contributed by atoms with Gasteiger partial charge in [-0.1, -0.05) is 6.07 Å². The summed E-state index contributed by atoms with van der Waals surface area (Å²) in [6, 6.07) is 3.25. The van der Waals surface area contributed by atoms with Crippen molar-refractivity contribution in [1.82, 2.24) is 14.6 Å². The van der Waals surface area contributed by atoms with Crippen molar-refractivity contribution >= 4 is 21.7 Å². The molecule has 0 saturated carbocycles. The molecule has 1 fully saturated rings. The minimum Gasteiger partial charge on any atom is -0.396 e. The minimum absolute atomic E-state index is 0.00527. The fourth-order valence-electron chi connectivity index (χ4n) is 2.44. The summed E-state index contributed by atoms with van der Waals surface area (Å²) in [5.74, 6) is -1.17. The van der Waals surface area contributed by atoms with Crippen LogP contribution in [-0.2, 0) is 19.6 Å². The van der Waals surface area contributed by atoms with E-state index >= 15 is 0 Å². The molecule has 23 heavy (non-hydrogen) atoms. The highest BCUT2D eigenvalue weighted by Gasteiger charge is 2.39. The van der Waals surface area contributed by atoms with Crippen molar-refractivity contribution in [3.05, 3.63) is 24.4 Å². The summed E-state index contributed by atoms with van der Waals surface area (Å²) >= 11 is 0. The highest BCUT2D eigenvalue weighted by atomic mass is 32.2. The van der Waals surface area contributed by atoms with Gasteiger partial charge in [-0.15, -0.1) is 0 Å². The Labute approximate surface area is 134 Å². The Bertz CT molecular complexity index is 662. The fourth-order valence-corrected chi connectivity index (χ4v) is 4.00. The first kappa shape index (κ1) is 17.5. The summed E-state index contributed by atoms with van der Waals surface area (Å²) in [5.41, 5.74) is 0. The van der Waals surface area contributed by atoms with Crippen molar-refractivity contribution in [3.63, 3.8) is 0 Å². The number of amides is 1. The predicted octanol–water partition coefficient (Wildman–Crippen LogP) is -0.698. The van der Waals surface area contributed by atoms with Gasteiger partial charge in [-0.05, 0) is 31.5 Å². The number of sulfonamides is 1. The third-order valence-electron chi connectivity index (χ3n) is 3.52. The van der Waals surface area contributed by atoms with E-state index in [1.54, 1.807) is 6.07 Å². The molecule has 1 aliphatic heterocycles. The lowest BCUT2D eigenvalue weighted by Gasteiger charge is -2.28. The van der Waals surface area contributed by atoms with Crippen LogP contribution in [0.1, 0.15) is 19.3 Å². The van der Waals surface area contributed by atoms with Gasteiger partial charge >= 0.3 is 0 Å². The lowest BCUT2D eigenvalue weighted by atomic mass is 10.1. The first-order valence-corrected chi connectivity index (χ1v) is 8.75. The van der Waals surface area contributed by atoms with Gasteiger partial charge in [0.25, 0.3) is 10.0 Å². The first-order valence-electron chi connectivity index (χ1n) is 7.31. The van der Waals surface area contributed by atoms with E-state index in [0.717, 1.165) is 0 Å². The molecule has 0 bridgehead atoms. The van der Waals surface area contributed by atoms with Gasteiger partial charge < -0.3 is 10.4 Å². The molecule has 1 aliphatic rings. The van der Waals surface area contributed by atoms with Gasteiger partial charge in [0.15, 0.2) is 10.8 Å². The number of nitrogens with zero attached hydrogens (tertiary/aromatic N) is 2. The summed E-state index contributed by atoms with van der Waals surface area (Å²) in [6.45, 7) is 0.0887. The average molecular weight is 341 g/mol. The number of hydrogen-bond acceptors (Lipinski definition) is 7. The standard InChI is InChI=1S/C14H19N3O5S/c18-9-6-14(20)17(11-4-3-7-15-10-12(11)19)23(21,22)13-5-1-2-8-16-13/h1-2,5,8,11,15,18H,3-4,6-7,9-10H2/t11-/m0/s1. The van der Waals surface area contributed by atoms with E-state index in [2.05, 4.69) is 10.3 Å². The molecular formula is C14H19N3O5S. The number of carbonyl (C=O) groups is 2. The molecule has 1 amide bonds. The third kappa shape index (κ3) is 3.92. The SMILES string of the molecule is O=C1CNCCC[C@@H]1N(C(=O)CCO)S(=O)(=O)c1ccccn1. The number of aromatic nitrogens is 1. The van der Waals surface area contributed by atoms with Crippen LogP contribution in [0.4, 0.5) is 0 Å². The molecule has 9 heteroatoms. The summed E-state index contributed by atoms with van der Waals surface area (Å²) in [5, 5.41) is 11.6. The van der Waals surface area contributed by atoms with Crippen molar-refractivity contribution in [1.29, 1.82) is 0 Å². The van der Waals surface area contributed by atoms with Gasteiger partial charge in [-0.25, -0.2) is 9.29 Å². The Hall–Kier alpha value is -1.84. The Balaban J connectivity index is 2.45. The predicted molar refractivity (Wildman–Crippen MR) is 80.9 cm³/mol. The summed E-state index contributed by atoms with van der Waals surface area (Å²) in [4.78, 5) is 28.3. The van der Waals surface area contributed by atoms with Crippen LogP contribution in [0.5, 0.6) is 0 Å². The Morgan fingerprint density at radius 2 is 2.22 bits per heavy atom. The van der Waals surface area contributed by atoms with Crippen molar-refractivity contribution in [2.45, 2.75) is 30.3 Å². The van der Waals surface area contributed by atoms with Crippen LogP contribution in [0.3, 0.4) is 0 Å². The molecular weight excluding hydrogens is 322 g/mol. The highest BCUT2D eigenvalue weighted by molar-refractivity contribution is 7.89. The van der Waals surface area contributed by atoms with Crippen LogP contribution in [0.15, 0.2) is 29.4 Å². The molecule has 8 nitrogen and oxygen atoms in total. The monoisotopic (exact) mass is 341 g/mol. The maximum Gasteiger partial charge on any atom is 0.284 e. The summed E-state index contributed by atoms with van der Waals surface area (Å²) in [6.07, 6.45) is 1.74. The average Bonchev–Trinajstić information content (AvgIpc) is 2.74. The van der Waals surface area contributed by atoms with E-state index in [1.165, 1.54) is 18.3 Å². The lowest BCUT2D eigenvalue weighted by Crippen LogP contribution is -2.49. The van der Waals surface area contributed by atoms with Crippen LogP contribution >= 0.6 is 0 Å². The van der Waals surface area contributed by atoms with Gasteiger partial charge in [0, 0.05) is 6.20 Å². The van der Waals surface area contributed by atoms with Crippen LogP contribution in [0.25, 0.3) is 0 Å². The number of rotatable bonds is 5. The molecule has 1 atom stereocenters. The van der Waals surface area contributed by atoms with E-state index in [0.29, 0.717) is 17.3 Å². The van der Waals surface area contributed by atoms with Crippen LogP contribution in [0.2, 0.25) is 0 Å². The Morgan fingerprint density at radius 3 is 2.87 bits per heavy atom. The van der Waals surface area contributed by atoms with Gasteiger partial charge in [-0.2, -0.15) is 8.42 Å². The number of nitrogens with one attached hydrogen (secondary N) is 1. The third-order valence-corrected chi connectivity index (χ3v) is 5.26. The minimum atomic E-state index is -4.26. The van der Waals surface area contributed by atoms with E-state index in [4.69, 9.17) is 5.11 Å². The molecule has 0 aliphatic carbocycles. The highest BCUT2D eigenvalue weighted by Crippen LogP contribution is 2.21. The maximum absolute atomic E-state index is 12.8. The first-order chi connectivity index (χ1) is 11.0. The van der Waals surface area contributed by atoms with Crippen LogP contribution < -0.4 is 5.32 Å². The van der Waals surface area contributed by atoms with Crippen molar-refractivity contribution < 1.29 is 23.1 Å². The van der Waals surface area contributed by atoms with Crippen LogP contribution in [0, 0.1) is 0 Å². The topological polar surface area (TPSA) is 117 Å². The molecule has 0 aromatic carbocycles. The normalized spacial score (nSPS) is 19.2. The van der Waals surface area contributed by atoms with Crippen molar-refractivity contribution in [2.24, 2.45) is 0 Å². The zero-order chi connectivity index (χ0) is 16.9. The summed E-state index contributed by atoms with van der Waals surface area (Å²) < 4.78 is 26.2. The number of aliphatic hydroxyl groups is 1. The summed E-state index contributed by atoms with van der Waals surface area (Å²) in [7, 11) is -4.26. The second-order valence-corrected chi connectivity index (χ2v) is 6.90.